The Bertz CT molecular complexity index is 763. The molecule has 0 unspecified atom stereocenters. The van der Waals surface area contributed by atoms with Crippen LogP contribution in [-0.2, 0) is 0 Å². The zero-order valence-corrected chi connectivity index (χ0v) is 11.2. The molecule has 0 saturated heterocycles. The minimum atomic E-state index is -0.509. The molecular weight excluding hydrogens is 270 g/mol. The summed E-state index contributed by atoms with van der Waals surface area (Å²) in [6.45, 7) is 1.63. The van der Waals surface area contributed by atoms with Crippen molar-refractivity contribution >= 4 is 17.3 Å². The van der Waals surface area contributed by atoms with E-state index in [-0.39, 0.29) is 11.6 Å². The first-order valence-corrected chi connectivity index (χ1v) is 6.08. The van der Waals surface area contributed by atoms with Crippen LogP contribution < -0.4 is 5.32 Å². The molecule has 104 valence electrons. The zero-order chi connectivity index (χ0) is 15.4. The van der Waals surface area contributed by atoms with Gasteiger partial charge in [-0.2, -0.15) is 5.26 Å². The molecule has 0 radical (unpaired) electrons. The Hall–Kier alpha value is -3.20. The molecule has 0 spiro atoms. The van der Waals surface area contributed by atoms with E-state index < -0.39 is 4.92 Å². The highest BCUT2D eigenvalue weighted by Gasteiger charge is 2.13. The van der Waals surface area contributed by atoms with E-state index in [0.717, 1.165) is 0 Å². The molecule has 2 rings (SSSR count). The highest BCUT2D eigenvalue weighted by Crippen LogP contribution is 2.19. The van der Waals surface area contributed by atoms with Crippen molar-refractivity contribution in [2.75, 3.05) is 5.32 Å². The number of nitriles is 1. The fraction of sp³-hybridized carbons (Fsp3) is 0.0667. The molecule has 1 N–H and O–H groups in total. The minimum Gasteiger partial charge on any atom is -0.322 e. The van der Waals surface area contributed by atoms with Crippen molar-refractivity contribution in [3.05, 3.63) is 69.3 Å². The standard InChI is InChI=1S/C15H11N3O3/c1-10-7-13(18(20)21)5-6-14(10)15(19)17-12-4-2-3-11(8-12)9-16/h2-8H,1H3,(H,17,19). The lowest BCUT2D eigenvalue weighted by Gasteiger charge is -2.07. The molecule has 0 aliphatic heterocycles. The van der Waals surface area contributed by atoms with Gasteiger partial charge in [-0.05, 0) is 36.8 Å². The van der Waals surface area contributed by atoms with Gasteiger partial charge in [0, 0.05) is 23.4 Å². The first-order chi connectivity index (χ1) is 10.0. The quantitative estimate of drug-likeness (QED) is 0.690. The van der Waals surface area contributed by atoms with Crippen LogP contribution in [0.2, 0.25) is 0 Å². The van der Waals surface area contributed by atoms with Crippen LogP contribution in [0.4, 0.5) is 11.4 Å². The molecule has 2 aromatic carbocycles. The van der Waals surface area contributed by atoms with Gasteiger partial charge in [0.15, 0.2) is 0 Å². The van der Waals surface area contributed by atoms with Crippen molar-refractivity contribution in [2.24, 2.45) is 0 Å². The molecule has 0 aliphatic rings. The van der Waals surface area contributed by atoms with Crippen LogP contribution in [0.5, 0.6) is 0 Å². The summed E-state index contributed by atoms with van der Waals surface area (Å²) < 4.78 is 0. The largest absolute Gasteiger partial charge is 0.322 e. The Balaban J connectivity index is 2.24. The van der Waals surface area contributed by atoms with Crippen molar-refractivity contribution < 1.29 is 9.72 Å². The summed E-state index contributed by atoms with van der Waals surface area (Å²) in [6.07, 6.45) is 0. The summed E-state index contributed by atoms with van der Waals surface area (Å²) in [5, 5.41) is 22.1. The molecule has 0 atom stereocenters. The van der Waals surface area contributed by atoms with Gasteiger partial charge < -0.3 is 5.32 Å². The molecule has 2 aromatic rings. The van der Waals surface area contributed by atoms with Crippen LogP contribution >= 0.6 is 0 Å². The van der Waals surface area contributed by atoms with E-state index in [2.05, 4.69) is 5.32 Å². The monoisotopic (exact) mass is 281 g/mol. The maximum atomic E-state index is 12.2. The SMILES string of the molecule is Cc1cc([N+](=O)[O-])ccc1C(=O)Nc1cccc(C#N)c1. The van der Waals surface area contributed by atoms with Crippen molar-refractivity contribution in [3.8, 4) is 6.07 Å². The van der Waals surface area contributed by atoms with Gasteiger partial charge in [0.25, 0.3) is 11.6 Å². The average Bonchev–Trinajstić information content (AvgIpc) is 2.47. The number of nitro groups is 1. The number of anilines is 1. The van der Waals surface area contributed by atoms with Crippen LogP contribution in [0.1, 0.15) is 21.5 Å². The Morgan fingerprint density at radius 1 is 1.29 bits per heavy atom. The molecule has 0 aliphatic carbocycles. The van der Waals surface area contributed by atoms with Crippen LogP contribution in [0, 0.1) is 28.4 Å². The lowest BCUT2D eigenvalue weighted by Crippen LogP contribution is -2.13. The summed E-state index contributed by atoms with van der Waals surface area (Å²) >= 11 is 0. The van der Waals surface area contributed by atoms with E-state index in [4.69, 9.17) is 5.26 Å². The van der Waals surface area contributed by atoms with Crippen molar-refractivity contribution in [1.29, 1.82) is 5.26 Å². The number of nitrogens with zero attached hydrogens (tertiary/aromatic N) is 2. The molecular formula is C15H11N3O3. The molecule has 0 bridgehead atoms. The fourth-order valence-corrected chi connectivity index (χ4v) is 1.88. The van der Waals surface area contributed by atoms with Gasteiger partial charge in [0.05, 0.1) is 16.6 Å². The smallest absolute Gasteiger partial charge is 0.269 e. The third-order valence-corrected chi connectivity index (χ3v) is 2.91. The van der Waals surface area contributed by atoms with Gasteiger partial charge in [-0.15, -0.1) is 0 Å². The molecule has 6 nitrogen and oxygen atoms in total. The summed E-state index contributed by atoms with van der Waals surface area (Å²) in [4.78, 5) is 22.3. The summed E-state index contributed by atoms with van der Waals surface area (Å²) in [5.74, 6) is -0.377. The fourth-order valence-electron chi connectivity index (χ4n) is 1.88. The first kappa shape index (κ1) is 14.2. The number of rotatable bonds is 3. The Labute approximate surface area is 120 Å². The third kappa shape index (κ3) is 3.22. The van der Waals surface area contributed by atoms with Gasteiger partial charge in [-0.3, -0.25) is 14.9 Å². The maximum Gasteiger partial charge on any atom is 0.269 e. The van der Waals surface area contributed by atoms with Crippen LogP contribution in [0.15, 0.2) is 42.5 Å². The number of amides is 1. The second-order valence-electron chi connectivity index (χ2n) is 4.40. The van der Waals surface area contributed by atoms with Crippen LogP contribution in [0.3, 0.4) is 0 Å². The lowest BCUT2D eigenvalue weighted by molar-refractivity contribution is -0.384. The highest BCUT2D eigenvalue weighted by atomic mass is 16.6. The number of non-ortho nitro benzene ring substituents is 1. The van der Waals surface area contributed by atoms with Crippen molar-refractivity contribution in [3.63, 3.8) is 0 Å². The number of aryl methyl sites for hydroxylation is 1. The average molecular weight is 281 g/mol. The first-order valence-electron chi connectivity index (χ1n) is 6.08. The second-order valence-corrected chi connectivity index (χ2v) is 4.40. The summed E-state index contributed by atoms with van der Waals surface area (Å²) in [5.41, 5.74) is 1.74. The highest BCUT2D eigenvalue weighted by molar-refractivity contribution is 6.05. The third-order valence-electron chi connectivity index (χ3n) is 2.91. The number of nitro benzene ring substituents is 1. The number of hydrogen-bond donors (Lipinski definition) is 1. The van der Waals surface area contributed by atoms with E-state index in [0.29, 0.717) is 22.4 Å². The predicted molar refractivity (Wildman–Crippen MR) is 76.9 cm³/mol. The number of nitrogens with one attached hydrogen (secondary N) is 1. The summed E-state index contributed by atoms with van der Waals surface area (Å²) in [6, 6.07) is 12.5. The van der Waals surface area contributed by atoms with E-state index in [1.54, 1.807) is 31.2 Å². The maximum absolute atomic E-state index is 12.2. The molecule has 21 heavy (non-hydrogen) atoms. The van der Waals surface area contributed by atoms with Gasteiger partial charge >= 0.3 is 0 Å². The van der Waals surface area contributed by atoms with E-state index in [1.807, 2.05) is 6.07 Å². The van der Waals surface area contributed by atoms with Gasteiger partial charge in [0.2, 0.25) is 0 Å². The van der Waals surface area contributed by atoms with Crippen molar-refractivity contribution in [1.82, 2.24) is 0 Å². The summed E-state index contributed by atoms with van der Waals surface area (Å²) in [7, 11) is 0. The molecule has 6 heteroatoms. The second kappa shape index (κ2) is 5.84. The molecule has 1 amide bonds. The number of carbonyl (C=O) groups excluding carboxylic acids is 1. The number of benzene rings is 2. The topological polar surface area (TPSA) is 96.0 Å². The predicted octanol–water partition coefficient (Wildman–Crippen LogP) is 3.03. The molecule has 0 saturated carbocycles. The number of carbonyl (C=O) groups is 1. The minimum absolute atomic E-state index is 0.0597. The molecule has 0 fully saturated rings. The van der Waals surface area contributed by atoms with Crippen molar-refractivity contribution in [2.45, 2.75) is 6.92 Å². The lowest BCUT2D eigenvalue weighted by atomic mass is 10.1. The van der Waals surface area contributed by atoms with Gasteiger partial charge in [-0.1, -0.05) is 6.07 Å². The number of hydrogen-bond acceptors (Lipinski definition) is 4. The molecule has 0 aromatic heterocycles. The molecule has 0 heterocycles. The van der Waals surface area contributed by atoms with E-state index in [1.165, 1.54) is 18.2 Å². The Morgan fingerprint density at radius 2 is 2.05 bits per heavy atom. The van der Waals surface area contributed by atoms with Gasteiger partial charge in [-0.25, -0.2) is 0 Å². The Morgan fingerprint density at radius 3 is 2.67 bits per heavy atom. The Kier molecular flexibility index (Phi) is 3.95. The van der Waals surface area contributed by atoms with E-state index in [9.17, 15) is 14.9 Å². The zero-order valence-electron chi connectivity index (χ0n) is 11.2. The van der Waals surface area contributed by atoms with Crippen LogP contribution in [0.25, 0.3) is 0 Å². The van der Waals surface area contributed by atoms with Crippen LogP contribution in [-0.4, -0.2) is 10.8 Å². The van der Waals surface area contributed by atoms with Gasteiger partial charge in [0.1, 0.15) is 0 Å². The normalized spacial score (nSPS) is 9.71. The van der Waals surface area contributed by atoms with E-state index >= 15 is 0 Å².